The molecule has 0 spiro atoms. The molecule has 0 aliphatic carbocycles. The first-order valence-electron chi connectivity index (χ1n) is 10.5. The number of thiazole rings is 1. The third-order valence-corrected chi connectivity index (χ3v) is 6.96. The van der Waals surface area contributed by atoms with Crippen molar-refractivity contribution in [1.29, 1.82) is 0 Å². The van der Waals surface area contributed by atoms with Gasteiger partial charge in [0.2, 0.25) is 0 Å². The van der Waals surface area contributed by atoms with Crippen LogP contribution >= 0.6 is 22.9 Å². The van der Waals surface area contributed by atoms with E-state index >= 15 is 0 Å². The highest BCUT2D eigenvalue weighted by Gasteiger charge is 2.48. The largest absolute Gasteiger partial charge is 0.507 e. The lowest BCUT2D eigenvalue weighted by molar-refractivity contribution is -0.132. The third kappa shape index (κ3) is 3.73. The molecule has 1 atom stereocenters. The van der Waals surface area contributed by atoms with E-state index in [1.54, 1.807) is 55.6 Å². The summed E-state index contributed by atoms with van der Waals surface area (Å²) in [6, 6.07) is 18.5. The second-order valence-corrected chi connectivity index (χ2v) is 9.37. The molecular formula is C26H19ClN2O4S. The lowest BCUT2D eigenvalue weighted by Gasteiger charge is -2.23. The van der Waals surface area contributed by atoms with Crippen LogP contribution < -0.4 is 9.64 Å². The van der Waals surface area contributed by atoms with Crippen molar-refractivity contribution in [3.05, 3.63) is 94.0 Å². The number of anilines is 1. The molecule has 1 amide bonds. The first-order valence-corrected chi connectivity index (χ1v) is 11.6. The molecule has 0 unspecified atom stereocenters. The predicted octanol–water partition coefficient (Wildman–Crippen LogP) is 5.89. The first-order chi connectivity index (χ1) is 16.4. The van der Waals surface area contributed by atoms with Gasteiger partial charge in [-0.2, -0.15) is 0 Å². The SMILES string of the molecule is COc1ccc(/C(O)=C2\C(=O)C(=O)N(c3nc4ccc(C)cc4s3)[C@H]2c2cccc(Cl)c2)cc1. The Morgan fingerprint density at radius 1 is 1.09 bits per heavy atom. The molecule has 0 bridgehead atoms. The van der Waals surface area contributed by atoms with Gasteiger partial charge in [-0.3, -0.25) is 14.5 Å². The molecule has 170 valence electrons. The maximum atomic E-state index is 13.3. The van der Waals surface area contributed by atoms with Crippen molar-refractivity contribution < 1.29 is 19.4 Å². The van der Waals surface area contributed by atoms with Crippen molar-refractivity contribution in [2.45, 2.75) is 13.0 Å². The summed E-state index contributed by atoms with van der Waals surface area (Å²) >= 11 is 7.57. The Hall–Kier alpha value is -3.68. The van der Waals surface area contributed by atoms with Crippen molar-refractivity contribution in [3.8, 4) is 5.75 Å². The minimum absolute atomic E-state index is 0.0205. The summed E-state index contributed by atoms with van der Waals surface area (Å²) in [6.45, 7) is 1.98. The van der Waals surface area contributed by atoms with Crippen LogP contribution in [0.2, 0.25) is 5.02 Å². The molecule has 1 saturated heterocycles. The van der Waals surface area contributed by atoms with Gasteiger partial charge in [0.1, 0.15) is 11.5 Å². The van der Waals surface area contributed by atoms with E-state index in [0.29, 0.717) is 27.0 Å². The highest BCUT2D eigenvalue weighted by Crippen LogP contribution is 2.44. The van der Waals surface area contributed by atoms with Crippen molar-refractivity contribution >= 4 is 55.7 Å². The monoisotopic (exact) mass is 490 g/mol. The van der Waals surface area contributed by atoms with Crippen LogP contribution in [0.1, 0.15) is 22.7 Å². The molecule has 6 nitrogen and oxygen atoms in total. The molecule has 1 aliphatic heterocycles. The second-order valence-electron chi connectivity index (χ2n) is 7.92. The quantitative estimate of drug-likeness (QED) is 0.219. The van der Waals surface area contributed by atoms with E-state index in [-0.39, 0.29) is 11.3 Å². The molecule has 0 radical (unpaired) electrons. The summed E-state index contributed by atoms with van der Waals surface area (Å²) in [5, 5.41) is 12.0. The summed E-state index contributed by atoms with van der Waals surface area (Å²) in [5.41, 5.74) is 2.76. The molecule has 1 aromatic heterocycles. The molecule has 1 N–H and O–H groups in total. The maximum Gasteiger partial charge on any atom is 0.301 e. The standard InChI is InChI=1S/C26H19ClN2O4S/c1-14-6-11-19-20(12-14)34-26(28-19)29-22(16-4-3-5-17(27)13-16)21(24(31)25(29)32)23(30)15-7-9-18(33-2)10-8-15/h3-13,22,30H,1-2H3/b23-21+/t22-/m0/s1. The van der Waals surface area contributed by atoms with Gasteiger partial charge >= 0.3 is 5.91 Å². The number of ether oxygens (including phenoxy) is 1. The second kappa shape index (κ2) is 8.59. The Bertz CT molecular complexity index is 1480. The fourth-order valence-electron chi connectivity index (χ4n) is 4.05. The summed E-state index contributed by atoms with van der Waals surface area (Å²) in [7, 11) is 1.54. The number of hydrogen-bond acceptors (Lipinski definition) is 6. The molecule has 34 heavy (non-hydrogen) atoms. The molecule has 4 aromatic rings. The molecule has 0 saturated carbocycles. The van der Waals surface area contributed by atoms with E-state index in [1.807, 2.05) is 25.1 Å². The lowest BCUT2D eigenvalue weighted by Crippen LogP contribution is -2.29. The molecule has 2 heterocycles. The molecular weight excluding hydrogens is 472 g/mol. The van der Waals surface area contributed by atoms with Crippen LogP contribution in [0.3, 0.4) is 0 Å². The summed E-state index contributed by atoms with van der Waals surface area (Å²) in [5.74, 6) is -1.21. The topological polar surface area (TPSA) is 79.7 Å². The Kier molecular flexibility index (Phi) is 5.59. The Labute approximate surface area is 204 Å². The number of carbonyl (C=O) groups is 2. The smallest absolute Gasteiger partial charge is 0.301 e. The number of aryl methyl sites for hydroxylation is 1. The van der Waals surface area contributed by atoms with E-state index in [1.165, 1.54) is 16.2 Å². The number of nitrogens with zero attached hydrogens (tertiary/aromatic N) is 2. The number of halogens is 1. The highest BCUT2D eigenvalue weighted by molar-refractivity contribution is 7.22. The number of ketones is 1. The van der Waals surface area contributed by atoms with Gasteiger partial charge in [0.25, 0.3) is 5.78 Å². The Balaban J connectivity index is 1.72. The van der Waals surface area contributed by atoms with E-state index < -0.39 is 17.7 Å². The van der Waals surface area contributed by atoms with Crippen LogP contribution in [-0.2, 0) is 9.59 Å². The average molecular weight is 491 g/mol. The highest BCUT2D eigenvalue weighted by atomic mass is 35.5. The fourth-order valence-corrected chi connectivity index (χ4v) is 5.34. The van der Waals surface area contributed by atoms with Gasteiger partial charge in [0.15, 0.2) is 5.13 Å². The third-order valence-electron chi connectivity index (χ3n) is 5.71. The van der Waals surface area contributed by atoms with Crippen molar-refractivity contribution in [3.63, 3.8) is 0 Å². The Morgan fingerprint density at radius 3 is 2.56 bits per heavy atom. The fraction of sp³-hybridized carbons (Fsp3) is 0.115. The molecule has 1 fully saturated rings. The first kappa shape index (κ1) is 22.1. The van der Waals surface area contributed by atoms with Crippen molar-refractivity contribution in [2.24, 2.45) is 0 Å². The summed E-state index contributed by atoms with van der Waals surface area (Å²) < 4.78 is 6.08. The number of Topliss-reactive ketones (excluding diaryl/α,β-unsaturated/α-hetero) is 1. The minimum atomic E-state index is -0.887. The van der Waals surface area contributed by atoms with Gasteiger partial charge in [-0.15, -0.1) is 0 Å². The molecule has 3 aromatic carbocycles. The van der Waals surface area contributed by atoms with Gasteiger partial charge in [0, 0.05) is 10.6 Å². The number of aliphatic hydroxyl groups is 1. The van der Waals surface area contributed by atoms with Crippen LogP contribution in [0, 0.1) is 6.92 Å². The number of benzene rings is 3. The van der Waals surface area contributed by atoms with Crippen LogP contribution in [0.4, 0.5) is 5.13 Å². The average Bonchev–Trinajstić information content (AvgIpc) is 3.36. The maximum absolute atomic E-state index is 13.3. The number of aromatic nitrogens is 1. The number of carbonyl (C=O) groups excluding carboxylic acids is 2. The number of hydrogen-bond donors (Lipinski definition) is 1. The van der Waals surface area contributed by atoms with E-state index in [4.69, 9.17) is 16.3 Å². The van der Waals surface area contributed by atoms with Crippen LogP contribution in [-0.4, -0.2) is 28.9 Å². The van der Waals surface area contributed by atoms with Crippen LogP contribution in [0.5, 0.6) is 5.75 Å². The molecule has 8 heteroatoms. The number of aliphatic hydroxyl groups excluding tert-OH is 1. The minimum Gasteiger partial charge on any atom is -0.507 e. The van der Waals surface area contributed by atoms with E-state index in [2.05, 4.69) is 4.98 Å². The number of fused-ring (bicyclic) bond motifs is 1. The van der Waals surface area contributed by atoms with Gasteiger partial charge in [-0.05, 0) is 66.6 Å². The number of rotatable bonds is 4. The predicted molar refractivity (Wildman–Crippen MR) is 134 cm³/mol. The lowest BCUT2D eigenvalue weighted by atomic mass is 9.95. The zero-order valence-corrected chi connectivity index (χ0v) is 19.9. The normalized spacial score (nSPS) is 17.5. The van der Waals surface area contributed by atoms with E-state index in [9.17, 15) is 14.7 Å². The van der Waals surface area contributed by atoms with Crippen LogP contribution in [0.25, 0.3) is 16.0 Å². The van der Waals surface area contributed by atoms with Gasteiger partial charge in [0.05, 0.1) is 28.9 Å². The van der Waals surface area contributed by atoms with Gasteiger partial charge in [-0.25, -0.2) is 4.98 Å². The van der Waals surface area contributed by atoms with Crippen LogP contribution in [0.15, 0.2) is 72.3 Å². The zero-order chi connectivity index (χ0) is 24.0. The van der Waals surface area contributed by atoms with Gasteiger partial charge < -0.3 is 9.84 Å². The summed E-state index contributed by atoms with van der Waals surface area (Å²) in [4.78, 5) is 32.6. The van der Waals surface area contributed by atoms with E-state index in [0.717, 1.165) is 15.8 Å². The zero-order valence-electron chi connectivity index (χ0n) is 18.3. The van der Waals surface area contributed by atoms with Crippen molar-refractivity contribution in [1.82, 2.24) is 4.98 Å². The molecule has 5 rings (SSSR count). The molecule has 1 aliphatic rings. The number of methoxy groups -OCH3 is 1. The van der Waals surface area contributed by atoms with Crippen molar-refractivity contribution in [2.75, 3.05) is 12.0 Å². The summed E-state index contributed by atoms with van der Waals surface area (Å²) in [6.07, 6.45) is 0. The number of amides is 1. The van der Waals surface area contributed by atoms with Gasteiger partial charge in [-0.1, -0.05) is 41.1 Å². The Morgan fingerprint density at radius 2 is 1.85 bits per heavy atom.